The van der Waals surface area contributed by atoms with Gasteiger partial charge in [-0.05, 0) is 30.7 Å². The lowest BCUT2D eigenvalue weighted by Gasteiger charge is -2.20. The summed E-state index contributed by atoms with van der Waals surface area (Å²) in [7, 11) is 0. The van der Waals surface area contributed by atoms with Gasteiger partial charge in [-0.15, -0.1) is 0 Å². The van der Waals surface area contributed by atoms with Gasteiger partial charge in [-0.2, -0.15) is 0 Å². The van der Waals surface area contributed by atoms with Crippen LogP contribution in [0.2, 0.25) is 0 Å². The molecule has 106 valence electrons. The number of benzene rings is 2. The van der Waals surface area contributed by atoms with E-state index in [1.165, 1.54) is 11.3 Å². The number of anilines is 1. The molecule has 1 N–H and O–H groups in total. The lowest BCUT2D eigenvalue weighted by molar-refractivity contribution is 0.279. The summed E-state index contributed by atoms with van der Waals surface area (Å²) in [5.41, 5.74) is 2.60. The highest BCUT2D eigenvalue weighted by atomic mass is 15.1. The Bertz CT molecular complexity index is 467. The lowest BCUT2D eigenvalue weighted by atomic mass is 10.2. The molecule has 0 aliphatic heterocycles. The molecule has 0 amide bonds. The van der Waals surface area contributed by atoms with Gasteiger partial charge in [0.25, 0.3) is 0 Å². The van der Waals surface area contributed by atoms with Gasteiger partial charge in [0, 0.05) is 25.3 Å². The molecule has 2 aromatic carbocycles. The van der Waals surface area contributed by atoms with Gasteiger partial charge < -0.3 is 5.32 Å². The van der Waals surface area contributed by atoms with Crippen molar-refractivity contribution in [1.82, 2.24) is 4.90 Å². The molecule has 0 saturated heterocycles. The van der Waals surface area contributed by atoms with Gasteiger partial charge in [-0.3, -0.25) is 4.90 Å². The summed E-state index contributed by atoms with van der Waals surface area (Å²) in [6, 6.07) is 21.1. The van der Waals surface area contributed by atoms with Crippen molar-refractivity contribution in [2.45, 2.75) is 19.9 Å². The molecule has 0 aliphatic carbocycles. The van der Waals surface area contributed by atoms with Crippen LogP contribution in [0.15, 0.2) is 60.7 Å². The first-order chi connectivity index (χ1) is 9.88. The maximum Gasteiger partial charge on any atom is 0.0340 e. The molecule has 0 spiro atoms. The molecule has 20 heavy (non-hydrogen) atoms. The quantitative estimate of drug-likeness (QED) is 0.728. The van der Waals surface area contributed by atoms with Gasteiger partial charge in [0.1, 0.15) is 0 Å². The summed E-state index contributed by atoms with van der Waals surface area (Å²) in [6.07, 6.45) is 1.16. The van der Waals surface area contributed by atoms with Gasteiger partial charge in [0.2, 0.25) is 0 Å². The second-order valence-corrected chi connectivity index (χ2v) is 5.00. The third-order valence-corrected chi connectivity index (χ3v) is 3.45. The van der Waals surface area contributed by atoms with E-state index in [1.54, 1.807) is 0 Å². The molecule has 0 bridgehead atoms. The highest BCUT2D eigenvalue weighted by molar-refractivity contribution is 5.42. The maximum absolute atomic E-state index is 3.46. The molecule has 0 saturated carbocycles. The van der Waals surface area contributed by atoms with Crippen molar-refractivity contribution < 1.29 is 0 Å². The minimum atomic E-state index is 1.02. The minimum Gasteiger partial charge on any atom is -0.385 e. The monoisotopic (exact) mass is 268 g/mol. The molecule has 0 atom stereocenters. The molecule has 0 aromatic heterocycles. The second kappa shape index (κ2) is 8.39. The first-order valence-corrected chi connectivity index (χ1v) is 7.43. The molecule has 2 heteroatoms. The van der Waals surface area contributed by atoms with E-state index in [0.29, 0.717) is 0 Å². The van der Waals surface area contributed by atoms with E-state index in [2.05, 4.69) is 71.7 Å². The van der Waals surface area contributed by atoms with Crippen molar-refractivity contribution >= 4 is 5.69 Å². The number of para-hydroxylation sites is 1. The van der Waals surface area contributed by atoms with Gasteiger partial charge >= 0.3 is 0 Å². The van der Waals surface area contributed by atoms with Crippen molar-refractivity contribution in [3.63, 3.8) is 0 Å². The molecular weight excluding hydrogens is 244 g/mol. The standard InChI is InChI=1S/C18H24N2/c1-2-20(16-17-10-5-3-6-11-17)15-9-14-19-18-12-7-4-8-13-18/h3-8,10-13,19H,2,9,14-16H2,1H3. The first-order valence-electron chi connectivity index (χ1n) is 7.43. The number of nitrogens with one attached hydrogen (secondary N) is 1. The maximum atomic E-state index is 3.46. The van der Waals surface area contributed by atoms with Crippen LogP contribution in [0.3, 0.4) is 0 Å². The Hall–Kier alpha value is -1.80. The summed E-state index contributed by atoms with van der Waals surface area (Å²) in [4.78, 5) is 2.49. The van der Waals surface area contributed by atoms with E-state index >= 15 is 0 Å². The van der Waals surface area contributed by atoms with E-state index in [9.17, 15) is 0 Å². The zero-order valence-corrected chi connectivity index (χ0v) is 12.3. The Balaban J connectivity index is 1.69. The van der Waals surface area contributed by atoms with Crippen LogP contribution in [0.4, 0.5) is 5.69 Å². The fraction of sp³-hybridized carbons (Fsp3) is 0.333. The number of hydrogen-bond donors (Lipinski definition) is 1. The van der Waals surface area contributed by atoms with Crippen molar-refractivity contribution in [2.75, 3.05) is 25.0 Å². The van der Waals surface area contributed by atoms with Crippen LogP contribution in [0, 0.1) is 0 Å². The summed E-state index contributed by atoms with van der Waals surface area (Å²) in [5, 5.41) is 3.46. The third-order valence-electron chi connectivity index (χ3n) is 3.45. The molecule has 0 heterocycles. The summed E-state index contributed by atoms with van der Waals surface area (Å²) >= 11 is 0. The molecule has 2 rings (SSSR count). The third kappa shape index (κ3) is 5.06. The average Bonchev–Trinajstić information content (AvgIpc) is 2.52. The van der Waals surface area contributed by atoms with Crippen LogP contribution in [0.1, 0.15) is 18.9 Å². The first kappa shape index (κ1) is 14.6. The van der Waals surface area contributed by atoms with Crippen LogP contribution in [0.5, 0.6) is 0 Å². The normalized spacial score (nSPS) is 10.7. The predicted molar refractivity (Wildman–Crippen MR) is 86.9 cm³/mol. The van der Waals surface area contributed by atoms with E-state index in [0.717, 1.165) is 32.6 Å². The SMILES string of the molecule is CCN(CCCNc1ccccc1)Cc1ccccc1. The van der Waals surface area contributed by atoms with Crippen LogP contribution >= 0.6 is 0 Å². The van der Waals surface area contributed by atoms with Gasteiger partial charge in [-0.25, -0.2) is 0 Å². The number of hydrogen-bond acceptors (Lipinski definition) is 2. The summed E-state index contributed by atoms with van der Waals surface area (Å²) < 4.78 is 0. The highest BCUT2D eigenvalue weighted by Gasteiger charge is 2.02. The smallest absolute Gasteiger partial charge is 0.0340 e. The molecule has 0 unspecified atom stereocenters. The summed E-state index contributed by atoms with van der Waals surface area (Å²) in [6.45, 7) is 6.52. The van der Waals surface area contributed by atoms with Gasteiger partial charge in [-0.1, -0.05) is 55.5 Å². The molecule has 0 radical (unpaired) electrons. The highest BCUT2D eigenvalue weighted by Crippen LogP contribution is 2.07. The number of nitrogens with zero attached hydrogens (tertiary/aromatic N) is 1. The zero-order chi connectivity index (χ0) is 14.0. The van der Waals surface area contributed by atoms with E-state index in [-0.39, 0.29) is 0 Å². The Labute approximate surface area is 122 Å². The lowest BCUT2D eigenvalue weighted by Crippen LogP contribution is -2.25. The van der Waals surface area contributed by atoms with Crippen LogP contribution < -0.4 is 5.32 Å². The zero-order valence-electron chi connectivity index (χ0n) is 12.3. The minimum absolute atomic E-state index is 1.02. The Morgan fingerprint density at radius 3 is 2.20 bits per heavy atom. The molecule has 2 aromatic rings. The predicted octanol–water partition coefficient (Wildman–Crippen LogP) is 4.01. The van der Waals surface area contributed by atoms with Crippen molar-refractivity contribution in [3.05, 3.63) is 66.2 Å². The van der Waals surface area contributed by atoms with E-state index in [1.807, 2.05) is 6.07 Å². The van der Waals surface area contributed by atoms with E-state index < -0.39 is 0 Å². The molecule has 0 fully saturated rings. The fourth-order valence-corrected chi connectivity index (χ4v) is 2.28. The van der Waals surface area contributed by atoms with Gasteiger partial charge in [0.15, 0.2) is 0 Å². The van der Waals surface area contributed by atoms with Crippen LogP contribution in [-0.4, -0.2) is 24.5 Å². The Morgan fingerprint density at radius 2 is 1.55 bits per heavy atom. The van der Waals surface area contributed by atoms with Gasteiger partial charge in [0.05, 0.1) is 0 Å². The molecule has 2 nitrogen and oxygen atoms in total. The Morgan fingerprint density at radius 1 is 0.900 bits per heavy atom. The van der Waals surface area contributed by atoms with Crippen molar-refractivity contribution in [3.8, 4) is 0 Å². The second-order valence-electron chi connectivity index (χ2n) is 5.00. The fourth-order valence-electron chi connectivity index (χ4n) is 2.28. The largest absolute Gasteiger partial charge is 0.385 e. The summed E-state index contributed by atoms with van der Waals surface area (Å²) in [5.74, 6) is 0. The van der Waals surface area contributed by atoms with Crippen LogP contribution in [-0.2, 0) is 6.54 Å². The van der Waals surface area contributed by atoms with Crippen LogP contribution in [0.25, 0.3) is 0 Å². The van der Waals surface area contributed by atoms with Crippen molar-refractivity contribution in [2.24, 2.45) is 0 Å². The molecular formula is C18H24N2. The Kier molecular flexibility index (Phi) is 6.12. The van der Waals surface area contributed by atoms with Crippen molar-refractivity contribution in [1.29, 1.82) is 0 Å². The average molecular weight is 268 g/mol. The molecule has 0 aliphatic rings. The van der Waals surface area contributed by atoms with E-state index in [4.69, 9.17) is 0 Å². The number of rotatable bonds is 8. The topological polar surface area (TPSA) is 15.3 Å².